The van der Waals surface area contributed by atoms with Gasteiger partial charge in [-0.25, -0.2) is 0 Å². The second-order valence-electron chi connectivity index (χ2n) is 14.1. The van der Waals surface area contributed by atoms with E-state index in [2.05, 4.69) is 216 Å². The van der Waals surface area contributed by atoms with E-state index in [1.165, 1.54) is 49.4 Å². The molecule has 0 saturated heterocycles. The van der Waals surface area contributed by atoms with E-state index in [9.17, 15) is 0 Å². The first kappa shape index (κ1) is 31.2. The fourth-order valence-corrected chi connectivity index (χ4v) is 8.41. The Morgan fingerprint density at radius 1 is 0.382 bits per heavy atom. The van der Waals surface area contributed by atoms with Crippen LogP contribution in [0.25, 0.3) is 82.5 Å². The summed E-state index contributed by atoms with van der Waals surface area (Å²) in [5.41, 5.74) is 13.3. The van der Waals surface area contributed by atoms with Crippen LogP contribution in [0.4, 0.5) is 17.1 Å². The third kappa shape index (κ3) is 5.13. The Hall–Kier alpha value is -7.36. The predicted octanol–water partition coefficient (Wildman–Crippen LogP) is 14.6. The first-order valence-corrected chi connectivity index (χ1v) is 18.8. The minimum Gasteiger partial charge on any atom is -0.455 e. The molecule has 0 radical (unpaired) electrons. The number of fused-ring (bicyclic) bond motifs is 8. The van der Waals surface area contributed by atoms with E-state index in [1.54, 1.807) is 0 Å². The highest BCUT2D eigenvalue weighted by molar-refractivity contribution is 6.19. The van der Waals surface area contributed by atoms with Crippen molar-refractivity contribution >= 4 is 71.6 Å². The molecule has 11 rings (SSSR count). The van der Waals surface area contributed by atoms with Crippen molar-refractivity contribution in [3.8, 4) is 27.9 Å². The van der Waals surface area contributed by atoms with Gasteiger partial charge in [0, 0.05) is 38.6 Å². The van der Waals surface area contributed by atoms with E-state index < -0.39 is 0 Å². The van der Waals surface area contributed by atoms with Crippen LogP contribution in [-0.4, -0.2) is 4.57 Å². The number of benzene rings is 9. The molecule has 9 aromatic carbocycles. The number of anilines is 3. The molecule has 0 aliphatic carbocycles. The first-order valence-electron chi connectivity index (χ1n) is 18.8. The molecule has 0 bridgehead atoms. The van der Waals surface area contributed by atoms with Crippen LogP contribution in [0.15, 0.2) is 211 Å². The monoisotopic (exact) mass is 702 g/mol. The molecule has 0 unspecified atom stereocenters. The molecule has 0 N–H and O–H groups in total. The molecule has 55 heavy (non-hydrogen) atoms. The fraction of sp³-hybridized carbons (Fsp3) is 0. The lowest BCUT2D eigenvalue weighted by Gasteiger charge is -2.27. The second-order valence-corrected chi connectivity index (χ2v) is 14.1. The maximum atomic E-state index is 6.67. The third-order valence-electron chi connectivity index (χ3n) is 11.0. The number of hydrogen-bond donors (Lipinski definition) is 0. The molecule has 0 amide bonds. The molecule has 0 fully saturated rings. The van der Waals surface area contributed by atoms with Crippen molar-refractivity contribution in [2.75, 3.05) is 4.90 Å². The van der Waals surface area contributed by atoms with Gasteiger partial charge in [0.2, 0.25) is 0 Å². The summed E-state index contributed by atoms with van der Waals surface area (Å²) in [6, 6.07) is 73.9. The summed E-state index contributed by atoms with van der Waals surface area (Å²) in [4.78, 5) is 2.37. The van der Waals surface area contributed by atoms with Gasteiger partial charge in [0.05, 0.1) is 22.1 Å². The van der Waals surface area contributed by atoms with E-state index >= 15 is 0 Å². The molecule has 2 heterocycles. The normalized spacial score (nSPS) is 11.6. The molecule has 3 nitrogen and oxygen atoms in total. The maximum Gasteiger partial charge on any atom is 0.143 e. The minimum atomic E-state index is 0.866. The molecule has 258 valence electrons. The second kappa shape index (κ2) is 12.6. The first-order chi connectivity index (χ1) is 27.3. The summed E-state index contributed by atoms with van der Waals surface area (Å²) in [6.07, 6.45) is 0. The number of furan rings is 1. The van der Waals surface area contributed by atoms with E-state index in [1.807, 2.05) is 0 Å². The molecular formula is C52H34N2O. The molecule has 0 spiro atoms. The molecule has 11 aromatic rings. The van der Waals surface area contributed by atoms with Gasteiger partial charge in [-0.2, -0.15) is 0 Å². The Morgan fingerprint density at radius 3 is 1.65 bits per heavy atom. The van der Waals surface area contributed by atoms with Gasteiger partial charge in [-0.15, -0.1) is 0 Å². The number of rotatable bonds is 6. The zero-order valence-electron chi connectivity index (χ0n) is 29.9. The van der Waals surface area contributed by atoms with Crippen LogP contribution in [0.1, 0.15) is 0 Å². The van der Waals surface area contributed by atoms with Gasteiger partial charge in [-0.3, -0.25) is 0 Å². The van der Waals surface area contributed by atoms with Crippen LogP contribution in [0.3, 0.4) is 0 Å². The third-order valence-corrected chi connectivity index (χ3v) is 11.0. The van der Waals surface area contributed by atoms with E-state index in [4.69, 9.17) is 4.42 Å². The van der Waals surface area contributed by atoms with Gasteiger partial charge in [0.25, 0.3) is 0 Å². The number of aromatic nitrogens is 1. The highest BCUT2D eigenvalue weighted by atomic mass is 16.3. The van der Waals surface area contributed by atoms with Crippen LogP contribution >= 0.6 is 0 Å². The van der Waals surface area contributed by atoms with Gasteiger partial charge in [-0.1, -0.05) is 133 Å². The van der Waals surface area contributed by atoms with Gasteiger partial charge in [0.1, 0.15) is 11.2 Å². The Morgan fingerprint density at radius 2 is 0.945 bits per heavy atom. The Kier molecular flexibility index (Phi) is 7.17. The van der Waals surface area contributed by atoms with Crippen molar-refractivity contribution in [2.24, 2.45) is 0 Å². The lowest BCUT2D eigenvalue weighted by molar-refractivity contribution is 0.672. The van der Waals surface area contributed by atoms with Gasteiger partial charge in [0.15, 0.2) is 0 Å². The van der Waals surface area contributed by atoms with Gasteiger partial charge in [-0.05, 0) is 100 Å². The van der Waals surface area contributed by atoms with Crippen molar-refractivity contribution in [3.63, 3.8) is 0 Å². The number of para-hydroxylation sites is 2. The maximum absolute atomic E-state index is 6.67. The summed E-state index contributed by atoms with van der Waals surface area (Å²) in [5.74, 6) is 0. The largest absolute Gasteiger partial charge is 0.455 e. The quantitative estimate of drug-likeness (QED) is 0.172. The van der Waals surface area contributed by atoms with E-state index in [0.717, 1.165) is 50.1 Å². The zero-order chi connectivity index (χ0) is 36.3. The molecule has 0 aliphatic rings. The van der Waals surface area contributed by atoms with Crippen LogP contribution in [0.2, 0.25) is 0 Å². The predicted molar refractivity (Wildman–Crippen MR) is 231 cm³/mol. The standard InChI is InChI=1S/C52H34N2O/c1-2-12-35(13-3-1)38-15-10-16-39(34-38)36-24-27-40(28-25-36)53(49-22-11-23-50-51(49)46-33-26-37-14-4-5-17-43(37)52(46)55-50)41-29-31-42(32-30-41)54-47-20-8-6-18-44(47)45-19-7-9-21-48(45)54/h1-34H. The van der Waals surface area contributed by atoms with Crippen molar-refractivity contribution in [2.45, 2.75) is 0 Å². The van der Waals surface area contributed by atoms with E-state index in [0.29, 0.717) is 0 Å². The highest BCUT2D eigenvalue weighted by Crippen LogP contribution is 2.45. The topological polar surface area (TPSA) is 21.3 Å². The molecule has 0 saturated carbocycles. The number of hydrogen-bond acceptors (Lipinski definition) is 2. The van der Waals surface area contributed by atoms with Crippen molar-refractivity contribution in [3.05, 3.63) is 206 Å². The highest BCUT2D eigenvalue weighted by Gasteiger charge is 2.21. The van der Waals surface area contributed by atoms with Crippen LogP contribution < -0.4 is 4.90 Å². The Labute approximate surface area is 318 Å². The minimum absolute atomic E-state index is 0.866. The zero-order valence-corrected chi connectivity index (χ0v) is 29.9. The SMILES string of the molecule is c1ccc(-c2cccc(-c3ccc(N(c4ccc(-n5c6ccccc6c6ccccc65)cc4)c4cccc5oc6c7ccccc7ccc6c45)cc3)c2)cc1. The smallest absolute Gasteiger partial charge is 0.143 e. The van der Waals surface area contributed by atoms with Crippen molar-refractivity contribution in [1.29, 1.82) is 0 Å². The Bertz CT molecular complexity index is 3140. The van der Waals surface area contributed by atoms with Crippen molar-refractivity contribution in [1.82, 2.24) is 4.57 Å². The summed E-state index contributed by atoms with van der Waals surface area (Å²) < 4.78 is 9.04. The van der Waals surface area contributed by atoms with Gasteiger partial charge >= 0.3 is 0 Å². The summed E-state index contributed by atoms with van der Waals surface area (Å²) in [7, 11) is 0. The fourth-order valence-electron chi connectivity index (χ4n) is 8.41. The average molecular weight is 703 g/mol. The average Bonchev–Trinajstić information content (AvgIpc) is 3.82. The Balaban J connectivity index is 1.08. The molecule has 2 aromatic heterocycles. The summed E-state index contributed by atoms with van der Waals surface area (Å²) in [5, 5.41) is 6.99. The number of nitrogens with zero attached hydrogens (tertiary/aromatic N) is 2. The lowest BCUT2D eigenvalue weighted by Crippen LogP contribution is -2.10. The molecular weight excluding hydrogens is 669 g/mol. The molecule has 0 atom stereocenters. The summed E-state index contributed by atoms with van der Waals surface area (Å²) >= 11 is 0. The van der Waals surface area contributed by atoms with E-state index in [-0.39, 0.29) is 0 Å². The van der Waals surface area contributed by atoms with Gasteiger partial charge < -0.3 is 13.9 Å². The summed E-state index contributed by atoms with van der Waals surface area (Å²) in [6.45, 7) is 0. The lowest BCUT2D eigenvalue weighted by atomic mass is 9.98. The van der Waals surface area contributed by atoms with Crippen LogP contribution in [0, 0.1) is 0 Å². The van der Waals surface area contributed by atoms with Crippen LogP contribution in [-0.2, 0) is 0 Å². The van der Waals surface area contributed by atoms with Crippen LogP contribution in [0.5, 0.6) is 0 Å². The molecule has 3 heteroatoms. The van der Waals surface area contributed by atoms with Crippen molar-refractivity contribution < 1.29 is 4.42 Å². The molecule has 0 aliphatic heterocycles.